The first-order valence-electron chi connectivity index (χ1n) is 11.2. The third-order valence-corrected chi connectivity index (χ3v) is 7.73. The van der Waals surface area contributed by atoms with Gasteiger partial charge in [0.05, 0.1) is 17.0 Å². The number of para-hydroxylation sites is 1. The van der Waals surface area contributed by atoms with Gasteiger partial charge in [-0.1, -0.05) is 66.8 Å². The highest BCUT2D eigenvalue weighted by molar-refractivity contribution is 7.92. The molecule has 0 saturated carbocycles. The van der Waals surface area contributed by atoms with Crippen LogP contribution in [-0.2, 0) is 26.2 Å². The van der Waals surface area contributed by atoms with Gasteiger partial charge in [0.15, 0.2) is 0 Å². The Labute approximate surface area is 222 Å². The molecule has 192 valence electrons. The molecular weight excluding hydrogens is 533 g/mol. The maximum absolute atomic E-state index is 13.7. The normalized spacial score (nSPS) is 13.1. The maximum atomic E-state index is 13.7. The summed E-state index contributed by atoms with van der Waals surface area (Å²) in [4.78, 5) is 28.1. The first kappa shape index (κ1) is 29.2. The second-order valence-electron chi connectivity index (χ2n) is 8.18. The highest BCUT2D eigenvalue weighted by atomic mass is 35.5. The molecule has 0 saturated heterocycles. The quantitative estimate of drug-likeness (QED) is 0.411. The first-order chi connectivity index (χ1) is 16.4. The minimum absolute atomic E-state index is 0.0795. The average Bonchev–Trinajstić information content (AvgIpc) is 2.78. The van der Waals surface area contributed by atoms with Gasteiger partial charge < -0.3 is 10.2 Å². The van der Waals surface area contributed by atoms with E-state index in [2.05, 4.69) is 5.32 Å². The van der Waals surface area contributed by atoms with Gasteiger partial charge in [0, 0.05) is 28.2 Å². The fourth-order valence-corrected chi connectivity index (χ4v) is 5.13. The number of carbonyl (C=O) groups is 2. The van der Waals surface area contributed by atoms with Crippen molar-refractivity contribution in [1.29, 1.82) is 0 Å². The van der Waals surface area contributed by atoms with E-state index in [1.54, 1.807) is 37.3 Å². The van der Waals surface area contributed by atoms with Crippen LogP contribution in [0.4, 0.5) is 5.69 Å². The van der Waals surface area contributed by atoms with Crippen LogP contribution in [0.3, 0.4) is 0 Å². The van der Waals surface area contributed by atoms with Gasteiger partial charge in [-0.15, -0.1) is 0 Å². The lowest BCUT2D eigenvalue weighted by molar-refractivity contribution is -0.140. The van der Waals surface area contributed by atoms with E-state index in [1.807, 2.05) is 13.8 Å². The van der Waals surface area contributed by atoms with Crippen LogP contribution in [0.5, 0.6) is 0 Å². The number of amides is 2. The number of nitrogens with one attached hydrogen (secondary N) is 1. The highest BCUT2D eigenvalue weighted by Crippen LogP contribution is 2.29. The molecule has 0 aliphatic heterocycles. The van der Waals surface area contributed by atoms with Crippen LogP contribution in [0, 0.1) is 0 Å². The van der Waals surface area contributed by atoms with Crippen molar-refractivity contribution < 1.29 is 18.0 Å². The van der Waals surface area contributed by atoms with Crippen LogP contribution < -0.4 is 9.62 Å². The number of benzene rings is 2. The summed E-state index contributed by atoms with van der Waals surface area (Å²) in [5, 5.41) is 3.74. The Morgan fingerprint density at radius 3 is 2.03 bits per heavy atom. The predicted octanol–water partition coefficient (Wildman–Crippen LogP) is 5.13. The summed E-state index contributed by atoms with van der Waals surface area (Å²) in [5.41, 5.74) is 0.625. The summed E-state index contributed by atoms with van der Waals surface area (Å²) in [6, 6.07) is 10.3. The number of nitrogens with zero attached hydrogens (tertiary/aromatic N) is 2. The van der Waals surface area contributed by atoms with Crippen molar-refractivity contribution in [3.8, 4) is 0 Å². The Kier molecular flexibility index (Phi) is 10.7. The largest absolute Gasteiger partial charge is 0.352 e. The molecule has 0 radical (unpaired) electrons. The van der Waals surface area contributed by atoms with Crippen LogP contribution in [0.1, 0.15) is 39.2 Å². The van der Waals surface area contributed by atoms with Gasteiger partial charge in [-0.3, -0.25) is 13.9 Å². The third kappa shape index (κ3) is 7.74. The smallest absolute Gasteiger partial charge is 0.244 e. The molecule has 2 amide bonds. The summed E-state index contributed by atoms with van der Waals surface area (Å²) < 4.78 is 26.2. The van der Waals surface area contributed by atoms with Gasteiger partial charge in [-0.05, 0) is 44.0 Å². The van der Waals surface area contributed by atoms with E-state index < -0.39 is 28.5 Å². The molecule has 11 heteroatoms. The Bertz CT molecular complexity index is 1140. The van der Waals surface area contributed by atoms with Crippen molar-refractivity contribution >= 4 is 62.3 Å². The molecule has 35 heavy (non-hydrogen) atoms. The van der Waals surface area contributed by atoms with Gasteiger partial charge in [0.1, 0.15) is 12.6 Å². The van der Waals surface area contributed by atoms with Crippen molar-refractivity contribution in [3.05, 3.63) is 63.1 Å². The van der Waals surface area contributed by atoms with Gasteiger partial charge in [0.25, 0.3) is 0 Å². The van der Waals surface area contributed by atoms with E-state index in [0.717, 1.165) is 10.6 Å². The molecule has 0 aromatic heterocycles. The van der Waals surface area contributed by atoms with Gasteiger partial charge in [0.2, 0.25) is 21.8 Å². The minimum atomic E-state index is -3.89. The zero-order valence-corrected chi connectivity index (χ0v) is 23.2. The molecular formula is C24H30Cl3N3O4S. The number of hydrogen-bond acceptors (Lipinski definition) is 4. The van der Waals surface area contributed by atoms with Crippen molar-refractivity contribution in [3.63, 3.8) is 0 Å². The fourth-order valence-electron chi connectivity index (χ4n) is 3.46. The second kappa shape index (κ2) is 12.8. The molecule has 7 nitrogen and oxygen atoms in total. The van der Waals surface area contributed by atoms with Gasteiger partial charge in [-0.25, -0.2) is 8.42 Å². The van der Waals surface area contributed by atoms with E-state index in [4.69, 9.17) is 34.8 Å². The molecule has 2 aromatic rings. The molecule has 2 rings (SSSR count). The molecule has 0 heterocycles. The van der Waals surface area contributed by atoms with E-state index >= 15 is 0 Å². The molecule has 1 N–H and O–H groups in total. The summed E-state index contributed by atoms with van der Waals surface area (Å²) >= 11 is 19.0. The molecule has 0 spiro atoms. The molecule has 2 aromatic carbocycles. The Morgan fingerprint density at radius 2 is 1.51 bits per heavy atom. The topological polar surface area (TPSA) is 86.8 Å². The number of halogens is 3. The summed E-state index contributed by atoms with van der Waals surface area (Å²) in [5.74, 6) is -0.945. The van der Waals surface area contributed by atoms with E-state index in [0.29, 0.717) is 28.5 Å². The number of sulfonamides is 1. The molecule has 0 fully saturated rings. The third-order valence-electron chi connectivity index (χ3n) is 5.58. The summed E-state index contributed by atoms with van der Waals surface area (Å²) in [6.07, 6.45) is 1.99. The standard InChI is InChI=1S/C24H30Cl3N3O4S/c1-5-16(3)28-24(32)21(6-2)29(14-17-18(25)11-9-12-19(17)26)23(31)15-30(35(4,33)34)22-13-8-7-10-20(22)27/h7-13,16,21H,5-6,14-15H2,1-4H3,(H,28,32)/t16-,21+/m0/s1. The molecule has 0 bridgehead atoms. The van der Waals surface area contributed by atoms with E-state index in [1.165, 1.54) is 17.0 Å². The monoisotopic (exact) mass is 561 g/mol. The predicted molar refractivity (Wildman–Crippen MR) is 143 cm³/mol. The molecule has 0 aliphatic carbocycles. The van der Waals surface area contributed by atoms with E-state index in [-0.39, 0.29) is 29.2 Å². The van der Waals surface area contributed by atoms with Gasteiger partial charge in [-0.2, -0.15) is 0 Å². The summed E-state index contributed by atoms with van der Waals surface area (Å²) in [7, 11) is -3.89. The van der Waals surface area contributed by atoms with Crippen LogP contribution in [0.25, 0.3) is 0 Å². The summed E-state index contributed by atoms with van der Waals surface area (Å²) in [6.45, 7) is 4.94. The minimum Gasteiger partial charge on any atom is -0.352 e. The van der Waals surface area contributed by atoms with Crippen LogP contribution in [0.2, 0.25) is 15.1 Å². The zero-order valence-electron chi connectivity index (χ0n) is 20.1. The van der Waals surface area contributed by atoms with Crippen molar-refractivity contribution in [2.45, 2.75) is 52.2 Å². The van der Waals surface area contributed by atoms with Crippen molar-refractivity contribution in [1.82, 2.24) is 10.2 Å². The lowest BCUT2D eigenvalue weighted by Gasteiger charge is -2.34. The van der Waals surface area contributed by atoms with Crippen LogP contribution in [-0.4, -0.2) is 50.0 Å². The Morgan fingerprint density at radius 1 is 0.943 bits per heavy atom. The number of carbonyl (C=O) groups excluding carboxylic acids is 2. The van der Waals surface area contributed by atoms with Crippen molar-refractivity contribution in [2.75, 3.05) is 17.1 Å². The Balaban J connectivity index is 2.52. The second-order valence-corrected chi connectivity index (χ2v) is 11.3. The molecule has 0 unspecified atom stereocenters. The zero-order chi connectivity index (χ0) is 26.3. The fraction of sp³-hybridized carbons (Fsp3) is 0.417. The first-order valence-corrected chi connectivity index (χ1v) is 14.1. The molecule has 2 atom stereocenters. The average molecular weight is 563 g/mol. The molecule has 0 aliphatic rings. The lowest BCUT2D eigenvalue weighted by atomic mass is 10.1. The van der Waals surface area contributed by atoms with Gasteiger partial charge >= 0.3 is 0 Å². The Hall–Kier alpha value is -2.00. The highest BCUT2D eigenvalue weighted by Gasteiger charge is 2.33. The van der Waals surface area contributed by atoms with Crippen LogP contribution >= 0.6 is 34.8 Å². The van der Waals surface area contributed by atoms with Crippen molar-refractivity contribution in [2.24, 2.45) is 0 Å². The number of hydrogen-bond donors (Lipinski definition) is 1. The lowest BCUT2D eigenvalue weighted by Crippen LogP contribution is -2.53. The van der Waals surface area contributed by atoms with Crippen LogP contribution in [0.15, 0.2) is 42.5 Å². The maximum Gasteiger partial charge on any atom is 0.244 e. The number of rotatable bonds is 11. The number of anilines is 1. The SMILES string of the molecule is CC[C@H](C(=O)N[C@@H](C)CC)N(Cc1c(Cl)cccc1Cl)C(=O)CN(c1ccccc1Cl)S(C)(=O)=O. The van der Waals surface area contributed by atoms with E-state index in [9.17, 15) is 18.0 Å².